The van der Waals surface area contributed by atoms with E-state index < -0.39 is 5.91 Å². The molecule has 8 heteroatoms. The van der Waals surface area contributed by atoms with E-state index in [1.54, 1.807) is 12.1 Å². The second-order valence-corrected chi connectivity index (χ2v) is 5.45. The van der Waals surface area contributed by atoms with Crippen LogP contribution in [-0.4, -0.2) is 43.2 Å². The number of benzene rings is 1. The van der Waals surface area contributed by atoms with E-state index in [9.17, 15) is 4.79 Å². The van der Waals surface area contributed by atoms with Gasteiger partial charge in [-0.05, 0) is 13.8 Å². The van der Waals surface area contributed by atoms with E-state index in [0.717, 1.165) is 0 Å². The highest BCUT2D eigenvalue weighted by Gasteiger charge is 2.16. The molecule has 0 fully saturated rings. The molecule has 2 rings (SSSR count). The topological polar surface area (TPSA) is 94.6 Å². The van der Waals surface area contributed by atoms with Crippen molar-refractivity contribution in [3.8, 4) is 17.2 Å². The van der Waals surface area contributed by atoms with Crippen molar-refractivity contribution < 1.29 is 19.0 Å². The quantitative estimate of drug-likeness (QED) is 0.795. The van der Waals surface area contributed by atoms with Gasteiger partial charge >= 0.3 is 0 Å². The Morgan fingerprint density at radius 2 is 1.64 bits per heavy atom. The molecule has 0 aliphatic heterocycles. The highest BCUT2D eigenvalue weighted by atomic mass is 16.5. The largest absolute Gasteiger partial charge is 0.493 e. The van der Waals surface area contributed by atoms with Gasteiger partial charge in [0.2, 0.25) is 5.75 Å². The highest BCUT2D eigenvalue weighted by Crippen LogP contribution is 2.39. The van der Waals surface area contributed by atoms with Gasteiger partial charge in [-0.15, -0.1) is 0 Å². The van der Waals surface area contributed by atoms with Crippen molar-refractivity contribution in [2.75, 3.05) is 32.0 Å². The Morgan fingerprint density at radius 1 is 1.00 bits per heavy atom. The first-order valence-electron chi connectivity index (χ1n) is 7.68. The molecule has 8 nitrogen and oxygen atoms in total. The second kappa shape index (κ2) is 8.18. The van der Waals surface area contributed by atoms with Crippen molar-refractivity contribution in [3.63, 3.8) is 0 Å². The van der Waals surface area contributed by atoms with Crippen LogP contribution in [0.4, 0.5) is 11.5 Å². The van der Waals surface area contributed by atoms with Gasteiger partial charge in [0.05, 0.1) is 33.7 Å². The molecule has 0 atom stereocenters. The lowest BCUT2D eigenvalue weighted by Gasteiger charge is -2.14. The summed E-state index contributed by atoms with van der Waals surface area (Å²) >= 11 is 0. The van der Waals surface area contributed by atoms with Gasteiger partial charge in [-0.1, -0.05) is 0 Å². The molecule has 1 aromatic carbocycles. The Bertz CT molecular complexity index is 707. The number of anilines is 2. The number of rotatable bonds is 7. The molecule has 2 N–H and O–H groups in total. The van der Waals surface area contributed by atoms with Gasteiger partial charge in [0.15, 0.2) is 11.5 Å². The molecule has 2 aromatic rings. The van der Waals surface area contributed by atoms with E-state index in [0.29, 0.717) is 28.8 Å². The number of aromatic nitrogens is 2. The molecule has 1 amide bonds. The van der Waals surface area contributed by atoms with E-state index in [1.165, 1.54) is 33.7 Å². The van der Waals surface area contributed by atoms with E-state index in [-0.39, 0.29) is 11.7 Å². The summed E-state index contributed by atoms with van der Waals surface area (Å²) in [5.41, 5.74) is 0.689. The number of nitrogens with zero attached hydrogens (tertiary/aromatic N) is 2. The number of ether oxygens (including phenoxy) is 3. The van der Waals surface area contributed by atoms with Gasteiger partial charge in [-0.25, -0.2) is 9.97 Å². The van der Waals surface area contributed by atoms with Gasteiger partial charge in [-0.3, -0.25) is 4.79 Å². The molecule has 0 saturated heterocycles. The Balaban J connectivity index is 2.19. The number of hydrogen-bond acceptors (Lipinski definition) is 7. The lowest BCUT2D eigenvalue weighted by molar-refractivity contribution is 0.102. The van der Waals surface area contributed by atoms with Gasteiger partial charge in [0.1, 0.15) is 11.5 Å². The molecular weight excluding hydrogens is 324 g/mol. The van der Waals surface area contributed by atoms with Gasteiger partial charge in [-0.2, -0.15) is 0 Å². The van der Waals surface area contributed by atoms with Crippen molar-refractivity contribution >= 4 is 17.4 Å². The summed E-state index contributed by atoms with van der Waals surface area (Å²) in [5, 5.41) is 5.85. The zero-order valence-electron chi connectivity index (χ0n) is 14.9. The first-order valence-corrected chi connectivity index (χ1v) is 7.68. The summed E-state index contributed by atoms with van der Waals surface area (Å²) in [4.78, 5) is 20.6. The summed E-state index contributed by atoms with van der Waals surface area (Å²) < 4.78 is 15.8. The van der Waals surface area contributed by atoms with Crippen LogP contribution in [0, 0.1) is 0 Å². The van der Waals surface area contributed by atoms with E-state index in [1.807, 2.05) is 13.8 Å². The molecule has 0 saturated carbocycles. The minimum absolute atomic E-state index is 0.197. The molecule has 1 aromatic heterocycles. The summed E-state index contributed by atoms with van der Waals surface area (Å²) in [6.45, 7) is 3.99. The zero-order chi connectivity index (χ0) is 18.4. The average molecular weight is 346 g/mol. The molecular formula is C17H22N4O4. The fourth-order valence-corrected chi connectivity index (χ4v) is 2.16. The van der Waals surface area contributed by atoms with E-state index in [2.05, 4.69) is 20.6 Å². The Labute approximate surface area is 146 Å². The molecule has 0 aliphatic carbocycles. The van der Waals surface area contributed by atoms with Crippen molar-refractivity contribution in [3.05, 3.63) is 30.2 Å². The molecule has 0 spiro atoms. The summed E-state index contributed by atoms with van der Waals surface area (Å²) in [5.74, 6) is 1.56. The third kappa shape index (κ3) is 4.50. The predicted molar refractivity (Wildman–Crippen MR) is 94.8 cm³/mol. The number of nitrogens with one attached hydrogen (secondary N) is 2. The van der Waals surface area contributed by atoms with Crippen molar-refractivity contribution in [2.24, 2.45) is 0 Å². The SMILES string of the molecule is COc1cc(NC(=O)c2cnc(NC(C)C)cn2)cc(OC)c1OC. The third-order valence-electron chi connectivity index (χ3n) is 3.24. The van der Waals surface area contributed by atoms with Crippen molar-refractivity contribution in [1.82, 2.24) is 9.97 Å². The smallest absolute Gasteiger partial charge is 0.275 e. The Morgan fingerprint density at radius 3 is 2.08 bits per heavy atom. The van der Waals surface area contributed by atoms with Crippen LogP contribution in [-0.2, 0) is 0 Å². The van der Waals surface area contributed by atoms with Crippen LogP contribution < -0.4 is 24.8 Å². The molecule has 0 bridgehead atoms. The maximum absolute atomic E-state index is 12.4. The van der Waals surface area contributed by atoms with Gasteiger partial charge in [0.25, 0.3) is 5.91 Å². The van der Waals surface area contributed by atoms with Crippen molar-refractivity contribution in [1.29, 1.82) is 0 Å². The monoisotopic (exact) mass is 346 g/mol. The fraction of sp³-hybridized carbons (Fsp3) is 0.353. The number of carbonyl (C=O) groups is 1. The zero-order valence-corrected chi connectivity index (χ0v) is 14.9. The summed E-state index contributed by atoms with van der Waals surface area (Å²) in [6.07, 6.45) is 2.93. The standard InChI is InChI=1S/C17H22N4O4/c1-10(2)20-15-9-18-12(8-19-15)17(22)21-11-6-13(23-3)16(25-5)14(7-11)24-4/h6-10H,1-5H3,(H,19,20)(H,21,22). The first-order chi connectivity index (χ1) is 12.0. The van der Waals surface area contributed by atoms with Crippen molar-refractivity contribution in [2.45, 2.75) is 19.9 Å². The third-order valence-corrected chi connectivity index (χ3v) is 3.24. The van der Waals surface area contributed by atoms with Gasteiger partial charge in [0, 0.05) is 23.9 Å². The molecule has 0 unspecified atom stereocenters. The fourth-order valence-electron chi connectivity index (χ4n) is 2.16. The lowest BCUT2D eigenvalue weighted by atomic mass is 10.2. The number of carbonyl (C=O) groups excluding carboxylic acids is 1. The van der Waals surface area contributed by atoms with E-state index >= 15 is 0 Å². The Hall–Kier alpha value is -3.03. The van der Waals surface area contributed by atoms with Crippen LogP contribution in [0.3, 0.4) is 0 Å². The minimum Gasteiger partial charge on any atom is -0.493 e. The second-order valence-electron chi connectivity index (χ2n) is 5.45. The Kier molecular flexibility index (Phi) is 5.99. The molecule has 25 heavy (non-hydrogen) atoms. The summed E-state index contributed by atoms with van der Waals surface area (Å²) in [7, 11) is 4.53. The number of hydrogen-bond donors (Lipinski definition) is 2. The molecule has 0 radical (unpaired) electrons. The predicted octanol–water partition coefficient (Wildman–Crippen LogP) is 2.58. The van der Waals surface area contributed by atoms with Crippen LogP contribution in [0.5, 0.6) is 17.2 Å². The number of amides is 1. The first kappa shape index (κ1) is 18.3. The summed E-state index contributed by atoms with van der Waals surface area (Å²) in [6, 6.07) is 3.51. The van der Waals surface area contributed by atoms with Gasteiger partial charge < -0.3 is 24.8 Å². The maximum Gasteiger partial charge on any atom is 0.275 e. The van der Waals surface area contributed by atoms with E-state index in [4.69, 9.17) is 14.2 Å². The van der Waals surface area contributed by atoms with Crippen LogP contribution >= 0.6 is 0 Å². The molecule has 0 aliphatic rings. The molecule has 1 heterocycles. The number of methoxy groups -OCH3 is 3. The molecule has 134 valence electrons. The highest BCUT2D eigenvalue weighted by molar-refractivity contribution is 6.03. The maximum atomic E-state index is 12.4. The van der Waals surface area contributed by atoms with Crippen LogP contribution in [0.2, 0.25) is 0 Å². The van der Waals surface area contributed by atoms with Crippen LogP contribution in [0.15, 0.2) is 24.5 Å². The average Bonchev–Trinajstić information content (AvgIpc) is 2.60. The lowest BCUT2D eigenvalue weighted by Crippen LogP contribution is -2.16. The van der Waals surface area contributed by atoms with Crippen LogP contribution in [0.25, 0.3) is 0 Å². The normalized spacial score (nSPS) is 10.3. The van der Waals surface area contributed by atoms with Crippen LogP contribution in [0.1, 0.15) is 24.3 Å². The minimum atomic E-state index is -0.391.